The van der Waals surface area contributed by atoms with Crippen LogP contribution in [0.5, 0.6) is 0 Å². The molecule has 2 aromatic carbocycles. The van der Waals surface area contributed by atoms with E-state index >= 15 is 0 Å². The van der Waals surface area contributed by atoms with E-state index in [4.69, 9.17) is 0 Å². The van der Waals surface area contributed by atoms with Crippen LogP contribution in [0.4, 0.5) is 5.69 Å². The third kappa shape index (κ3) is 4.71. The highest BCUT2D eigenvalue weighted by atomic mass is 79.9. The van der Waals surface area contributed by atoms with Gasteiger partial charge in [-0.05, 0) is 66.8 Å². The fourth-order valence-electron chi connectivity index (χ4n) is 3.94. The van der Waals surface area contributed by atoms with Crippen LogP contribution < -0.4 is 5.32 Å². The number of rotatable bonds is 5. The van der Waals surface area contributed by atoms with Gasteiger partial charge >= 0.3 is 0 Å². The number of aryl methyl sites for hydroxylation is 2. The van der Waals surface area contributed by atoms with Crippen LogP contribution in [0, 0.1) is 0 Å². The maximum Gasteiger partial charge on any atom is 0.243 e. The number of benzene rings is 2. The van der Waals surface area contributed by atoms with Crippen LogP contribution in [0.25, 0.3) is 0 Å². The van der Waals surface area contributed by atoms with Crippen molar-refractivity contribution in [3.05, 3.63) is 58.1 Å². The van der Waals surface area contributed by atoms with Gasteiger partial charge < -0.3 is 5.32 Å². The SMILES string of the molecule is O=C(CN1CCN(S(=O)(=O)c2ccc(Br)cc2)CC1)Nc1ccc2c(c1)CCC2. The fraction of sp³-hybridized carbons (Fsp3) is 0.381. The molecule has 1 fully saturated rings. The quantitative estimate of drug-likeness (QED) is 0.718. The van der Waals surface area contributed by atoms with Gasteiger partial charge in [0, 0.05) is 36.3 Å². The van der Waals surface area contributed by atoms with Gasteiger partial charge in [-0.25, -0.2) is 8.42 Å². The summed E-state index contributed by atoms with van der Waals surface area (Å²) in [6, 6.07) is 12.8. The first-order valence-corrected chi connectivity index (χ1v) is 12.0. The number of fused-ring (bicyclic) bond motifs is 1. The molecule has 8 heteroatoms. The first-order chi connectivity index (χ1) is 13.9. The largest absolute Gasteiger partial charge is 0.325 e. The van der Waals surface area contributed by atoms with E-state index in [0.717, 1.165) is 23.0 Å². The van der Waals surface area contributed by atoms with E-state index < -0.39 is 10.0 Å². The molecule has 6 nitrogen and oxygen atoms in total. The smallest absolute Gasteiger partial charge is 0.243 e. The third-order valence-corrected chi connectivity index (χ3v) is 7.97. The van der Waals surface area contributed by atoms with Crippen LogP contribution in [-0.4, -0.2) is 56.3 Å². The lowest BCUT2D eigenvalue weighted by atomic mass is 10.1. The molecular weight excluding hydrogens is 454 g/mol. The number of carbonyl (C=O) groups excluding carboxylic acids is 1. The zero-order chi connectivity index (χ0) is 20.4. The number of amides is 1. The van der Waals surface area contributed by atoms with E-state index in [-0.39, 0.29) is 12.5 Å². The van der Waals surface area contributed by atoms with E-state index in [1.165, 1.54) is 21.9 Å². The molecule has 1 aliphatic carbocycles. The Morgan fingerprint density at radius 2 is 1.66 bits per heavy atom. The number of halogens is 1. The summed E-state index contributed by atoms with van der Waals surface area (Å²) in [5.41, 5.74) is 3.55. The summed E-state index contributed by atoms with van der Waals surface area (Å²) >= 11 is 3.32. The lowest BCUT2D eigenvalue weighted by Crippen LogP contribution is -2.50. The first kappa shape index (κ1) is 20.5. The summed E-state index contributed by atoms with van der Waals surface area (Å²) < 4.78 is 27.9. The summed E-state index contributed by atoms with van der Waals surface area (Å²) in [6.07, 6.45) is 3.38. The number of sulfonamides is 1. The maximum atomic E-state index is 12.8. The summed E-state index contributed by atoms with van der Waals surface area (Å²) in [4.78, 5) is 14.7. The second kappa shape index (κ2) is 8.55. The van der Waals surface area contributed by atoms with E-state index in [1.807, 2.05) is 11.0 Å². The number of hydrogen-bond donors (Lipinski definition) is 1. The molecular formula is C21H24BrN3O3S. The van der Waals surface area contributed by atoms with Crippen molar-refractivity contribution in [3.8, 4) is 0 Å². The van der Waals surface area contributed by atoms with Gasteiger partial charge in [0.2, 0.25) is 15.9 Å². The second-order valence-corrected chi connectivity index (χ2v) is 10.4. The van der Waals surface area contributed by atoms with Gasteiger partial charge in [-0.15, -0.1) is 0 Å². The number of carbonyl (C=O) groups is 1. The molecule has 0 atom stereocenters. The molecule has 2 aromatic rings. The normalized spacial score (nSPS) is 17.8. The number of anilines is 1. The Labute approximate surface area is 180 Å². The molecule has 1 heterocycles. The van der Waals surface area contributed by atoms with Crippen LogP contribution in [0.1, 0.15) is 17.5 Å². The number of piperazine rings is 1. The van der Waals surface area contributed by atoms with Crippen molar-refractivity contribution in [3.63, 3.8) is 0 Å². The Hall–Kier alpha value is -1.74. The predicted molar refractivity (Wildman–Crippen MR) is 116 cm³/mol. The minimum atomic E-state index is -3.50. The average molecular weight is 478 g/mol. The molecule has 0 bridgehead atoms. The van der Waals surface area contributed by atoms with E-state index in [9.17, 15) is 13.2 Å². The number of nitrogens with one attached hydrogen (secondary N) is 1. The van der Waals surface area contributed by atoms with E-state index in [2.05, 4.69) is 33.4 Å². The highest BCUT2D eigenvalue weighted by Gasteiger charge is 2.29. The maximum absolute atomic E-state index is 12.8. The molecule has 4 rings (SSSR count). The predicted octanol–water partition coefficient (Wildman–Crippen LogP) is 2.88. The monoisotopic (exact) mass is 477 g/mol. The molecule has 1 saturated heterocycles. The average Bonchev–Trinajstić information content (AvgIpc) is 3.16. The minimum Gasteiger partial charge on any atom is -0.325 e. The molecule has 2 aliphatic rings. The van der Waals surface area contributed by atoms with Gasteiger partial charge in [0.1, 0.15) is 0 Å². The highest BCUT2D eigenvalue weighted by molar-refractivity contribution is 9.10. The van der Waals surface area contributed by atoms with Crippen molar-refractivity contribution in [2.75, 3.05) is 38.0 Å². The zero-order valence-electron chi connectivity index (χ0n) is 16.1. The topological polar surface area (TPSA) is 69.7 Å². The third-order valence-electron chi connectivity index (χ3n) is 5.53. The molecule has 0 radical (unpaired) electrons. The van der Waals surface area contributed by atoms with Gasteiger partial charge in [0.05, 0.1) is 11.4 Å². The van der Waals surface area contributed by atoms with Gasteiger partial charge in [0.25, 0.3) is 0 Å². The van der Waals surface area contributed by atoms with Crippen LogP contribution in [0.2, 0.25) is 0 Å². The molecule has 0 saturated carbocycles. The van der Waals surface area contributed by atoms with Gasteiger partial charge in [0.15, 0.2) is 0 Å². The van der Waals surface area contributed by atoms with Crippen molar-refractivity contribution >= 4 is 37.5 Å². The molecule has 0 spiro atoms. The van der Waals surface area contributed by atoms with Gasteiger partial charge in [-0.3, -0.25) is 9.69 Å². The lowest BCUT2D eigenvalue weighted by Gasteiger charge is -2.33. The van der Waals surface area contributed by atoms with Crippen molar-refractivity contribution in [2.45, 2.75) is 24.2 Å². The summed E-state index contributed by atoms with van der Waals surface area (Å²) in [6.45, 7) is 2.10. The van der Waals surface area contributed by atoms with Crippen molar-refractivity contribution < 1.29 is 13.2 Å². The molecule has 1 N–H and O–H groups in total. The molecule has 154 valence electrons. The second-order valence-electron chi connectivity index (χ2n) is 7.52. The molecule has 0 unspecified atom stereocenters. The van der Waals surface area contributed by atoms with Crippen molar-refractivity contribution in [1.82, 2.24) is 9.21 Å². The highest BCUT2D eigenvalue weighted by Crippen LogP contribution is 2.25. The molecule has 29 heavy (non-hydrogen) atoms. The Morgan fingerprint density at radius 1 is 0.966 bits per heavy atom. The van der Waals surface area contributed by atoms with E-state index in [1.54, 1.807) is 24.3 Å². The van der Waals surface area contributed by atoms with Gasteiger partial charge in [-0.2, -0.15) is 4.31 Å². The Balaban J connectivity index is 1.30. The number of nitrogens with zero attached hydrogens (tertiary/aromatic N) is 2. The fourth-order valence-corrected chi connectivity index (χ4v) is 5.62. The van der Waals surface area contributed by atoms with Crippen LogP contribution in [0.3, 0.4) is 0 Å². The van der Waals surface area contributed by atoms with Crippen LogP contribution >= 0.6 is 15.9 Å². The van der Waals surface area contributed by atoms with Crippen LogP contribution in [-0.2, 0) is 27.7 Å². The standard InChI is InChI=1S/C21H24BrN3O3S/c22-18-5-8-20(9-6-18)29(27,28)25-12-10-24(11-13-25)15-21(26)23-19-7-4-16-2-1-3-17(16)14-19/h4-9,14H,1-3,10-13,15H2,(H,23,26). The Bertz CT molecular complexity index is 1000. The summed E-state index contributed by atoms with van der Waals surface area (Å²) in [5.74, 6) is -0.0628. The van der Waals surface area contributed by atoms with Gasteiger partial charge in [-0.1, -0.05) is 22.0 Å². The lowest BCUT2D eigenvalue weighted by molar-refractivity contribution is -0.117. The summed E-state index contributed by atoms with van der Waals surface area (Å²) in [5, 5.41) is 2.97. The molecule has 0 aromatic heterocycles. The Morgan fingerprint density at radius 3 is 2.38 bits per heavy atom. The summed E-state index contributed by atoms with van der Waals surface area (Å²) in [7, 11) is -3.50. The minimum absolute atomic E-state index is 0.0628. The van der Waals surface area contributed by atoms with Crippen molar-refractivity contribution in [2.24, 2.45) is 0 Å². The molecule has 1 amide bonds. The zero-order valence-corrected chi connectivity index (χ0v) is 18.5. The Kier molecular flexibility index (Phi) is 6.06. The van der Waals surface area contributed by atoms with E-state index in [0.29, 0.717) is 31.1 Å². The number of hydrogen-bond acceptors (Lipinski definition) is 4. The first-order valence-electron chi connectivity index (χ1n) is 9.81. The molecule has 1 aliphatic heterocycles. The van der Waals surface area contributed by atoms with Crippen LogP contribution in [0.15, 0.2) is 51.8 Å². The van der Waals surface area contributed by atoms with Crippen molar-refractivity contribution in [1.29, 1.82) is 0 Å².